The first kappa shape index (κ1) is 13.6. The highest BCUT2D eigenvalue weighted by Crippen LogP contribution is 2.30. The van der Waals surface area contributed by atoms with Gasteiger partial charge in [-0.05, 0) is 31.3 Å². The molecule has 1 aromatic carbocycles. The van der Waals surface area contributed by atoms with Crippen LogP contribution in [0.3, 0.4) is 0 Å². The summed E-state index contributed by atoms with van der Waals surface area (Å²) in [6, 6.07) is 4.64. The van der Waals surface area contributed by atoms with Crippen molar-refractivity contribution in [2.45, 2.75) is 6.18 Å². The topological polar surface area (TPSA) is 21.3 Å². The van der Waals surface area contributed by atoms with E-state index in [-0.39, 0.29) is 0 Å². The molecule has 0 bridgehead atoms. The van der Waals surface area contributed by atoms with E-state index < -0.39 is 11.7 Å². The van der Waals surface area contributed by atoms with Gasteiger partial charge in [-0.2, -0.15) is 13.2 Å². The van der Waals surface area contributed by atoms with E-state index in [0.717, 1.165) is 18.7 Å². The van der Waals surface area contributed by atoms with E-state index in [1.165, 1.54) is 12.1 Å². The molecule has 1 aromatic rings. The quantitative estimate of drug-likeness (QED) is 0.805. The van der Waals surface area contributed by atoms with Crippen molar-refractivity contribution in [2.75, 3.05) is 20.2 Å². The highest BCUT2D eigenvalue weighted by Gasteiger charge is 2.29. The van der Waals surface area contributed by atoms with Gasteiger partial charge in [0, 0.05) is 6.54 Å². The molecule has 0 aliphatic heterocycles. The first-order valence-corrected chi connectivity index (χ1v) is 5.13. The minimum Gasteiger partial charge on any atom is -0.490 e. The molecule has 0 saturated heterocycles. The second-order valence-electron chi connectivity index (χ2n) is 3.36. The molecule has 1 rings (SSSR count). The van der Waals surface area contributed by atoms with Crippen LogP contribution in [0.4, 0.5) is 13.2 Å². The average molecular weight is 245 g/mol. The van der Waals surface area contributed by atoms with Crippen LogP contribution in [0.15, 0.2) is 36.4 Å². The third kappa shape index (κ3) is 4.91. The van der Waals surface area contributed by atoms with Crippen molar-refractivity contribution in [1.29, 1.82) is 0 Å². The Morgan fingerprint density at radius 3 is 2.35 bits per heavy atom. The van der Waals surface area contributed by atoms with Crippen LogP contribution in [0.5, 0.6) is 5.75 Å². The molecule has 2 nitrogen and oxygen atoms in total. The number of alkyl halides is 3. The summed E-state index contributed by atoms with van der Waals surface area (Å²) in [6.07, 6.45) is -0.622. The highest BCUT2D eigenvalue weighted by molar-refractivity contribution is 5.28. The third-order valence-electron chi connectivity index (χ3n) is 2.02. The maximum atomic E-state index is 12.3. The fourth-order valence-corrected chi connectivity index (χ4v) is 1.15. The molecule has 0 atom stereocenters. The van der Waals surface area contributed by atoms with Crippen LogP contribution in [-0.2, 0) is 6.18 Å². The van der Waals surface area contributed by atoms with Crippen LogP contribution in [0.1, 0.15) is 5.56 Å². The zero-order chi connectivity index (χ0) is 12.7. The zero-order valence-corrected chi connectivity index (χ0v) is 9.42. The number of likely N-dealkylation sites (N-methyl/N-ethyl adjacent to an activating group) is 1. The fraction of sp³-hybridized carbons (Fsp3) is 0.333. The van der Waals surface area contributed by atoms with Crippen molar-refractivity contribution in [1.82, 2.24) is 5.32 Å². The van der Waals surface area contributed by atoms with E-state index in [1.807, 2.05) is 13.1 Å². The Kier molecular flexibility index (Phi) is 5.03. The first-order valence-electron chi connectivity index (χ1n) is 5.13. The summed E-state index contributed by atoms with van der Waals surface area (Å²) >= 11 is 0. The van der Waals surface area contributed by atoms with E-state index in [2.05, 4.69) is 5.32 Å². The molecule has 0 spiro atoms. The van der Waals surface area contributed by atoms with Gasteiger partial charge in [-0.15, -0.1) is 0 Å². The summed E-state index contributed by atoms with van der Waals surface area (Å²) in [7, 11) is 1.82. The summed E-state index contributed by atoms with van der Waals surface area (Å²) in [5.41, 5.74) is -0.671. The van der Waals surface area contributed by atoms with Gasteiger partial charge >= 0.3 is 6.18 Å². The zero-order valence-electron chi connectivity index (χ0n) is 9.42. The first-order chi connectivity index (χ1) is 8.04. The normalized spacial score (nSPS) is 12.0. The van der Waals surface area contributed by atoms with E-state index in [4.69, 9.17) is 4.74 Å². The molecule has 0 radical (unpaired) electrons. The van der Waals surface area contributed by atoms with Crippen LogP contribution in [0.2, 0.25) is 0 Å². The van der Waals surface area contributed by atoms with Crippen molar-refractivity contribution >= 4 is 0 Å². The molecular formula is C12H14F3NO. The lowest BCUT2D eigenvalue weighted by Crippen LogP contribution is -2.05. The molecule has 17 heavy (non-hydrogen) atoms. The van der Waals surface area contributed by atoms with Gasteiger partial charge in [0.2, 0.25) is 0 Å². The largest absolute Gasteiger partial charge is 0.490 e. The standard InChI is InChI=1S/C12H14F3NO/c1-16-8-2-3-9-17-11-6-4-10(5-7-11)12(13,14)15/h2-7,16H,8-9H2,1H3. The monoisotopic (exact) mass is 245 g/mol. The van der Waals surface area contributed by atoms with Gasteiger partial charge in [0.15, 0.2) is 0 Å². The third-order valence-corrected chi connectivity index (χ3v) is 2.02. The average Bonchev–Trinajstić information content (AvgIpc) is 2.28. The number of benzene rings is 1. The lowest BCUT2D eigenvalue weighted by atomic mass is 10.2. The van der Waals surface area contributed by atoms with Crippen molar-refractivity contribution in [3.8, 4) is 5.75 Å². The van der Waals surface area contributed by atoms with Gasteiger partial charge in [-0.25, -0.2) is 0 Å². The summed E-state index contributed by atoms with van der Waals surface area (Å²) in [5.74, 6) is 0.423. The molecule has 0 amide bonds. The van der Waals surface area contributed by atoms with Crippen molar-refractivity contribution in [2.24, 2.45) is 0 Å². The molecule has 94 valence electrons. The van der Waals surface area contributed by atoms with Crippen LogP contribution in [0.25, 0.3) is 0 Å². The second kappa shape index (κ2) is 6.30. The van der Waals surface area contributed by atoms with Crippen molar-refractivity contribution in [3.05, 3.63) is 42.0 Å². The molecule has 0 fully saturated rings. The Labute approximate surface area is 98.1 Å². The van der Waals surface area contributed by atoms with Gasteiger partial charge in [-0.3, -0.25) is 0 Å². The molecule has 1 N–H and O–H groups in total. The van der Waals surface area contributed by atoms with Gasteiger partial charge in [-0.1, -0.05) is 12.2 Å². The number of rotatable bonds is 5. The van der Waals surface area contributed by atoms with Crippen LogP contribution < -0.4 is 10.1 Å². The van der Waals surface area contributed by atoms with Crippen LogP contribution >= 0.6 is 0 Å². The van der Waals surface area contributed by atoms with Crippen LogP contribution in [-0.4, -0.2) is 20.2 Å². The van der Waals surface area contributed by atoms with Crippen molar-refractivity contribution in [3.63, 3.8) is 0 Å². The predicted octanol–water partition coefficient (Wildman–Crippen LogP) is 2.86. The summed E-state index contributed by atoms with van der Waals surface area (Å²) in [5, 5.41) is 2.92. The van der Waals surface area contributed by atoms with Crippen molar-refractivity contribution < 1.29 is 17.9 Å². The Morgan fingerprint density at radius 2 is 1.82 bits per heavy atom. The predicted molar refractivity (Wildman–Crippen MR) is 60.0 cm³/mol. The second-order valence-corrected chi connectivity index (χ2v) is 3.36. The summed E-state index contributed by atoms with van der Waals surface area (Å²) in [4.78, 5) is 0. The molecule has 0 aliphatic carbocycles. The summed E-state index contributed by atoms with van der Waals surface area (Å²) < 4.78 is 42.0. The number of halogens is 3. The van der Waals surface area contributed by atoms with Gasteiger partial charge in [0.05, 0.1) is 5.56 Å². The van der Waals surface area contributed by atoms with E-state index in [9.17, 15) is 13.2 Å². The Morgan fingerprint density at radius 1 is 1.18 bits per heavy atom. The molecule has 0 aromatic heterocycles. The number of hydrogen-bond acceptors (Lipinski definition) is 2. The molecule has 0 heterocycles. The Bertz CT molecular complexity index is 357. The molecular weight excluding hydrogens is 231 g/mol. The molecule has 5 heteroatoms. The lowest BCUT2D eigenvalue weighted by Gasteiger charge is -2.07. The minimum absolute atomic E-state index is 0.340. The minimum atomic E-state index is -4.30. The highest BCUT2D eigenvalue weighted by atomic mass is 19.4. The van der Waals surface area contributed by atoms with E-state index >= 15 is 0 Å². The molecule has 0 unspecified atom stereocenters. The Hall–Kier alpha value is -1.49. The molecule has 0 aliphatic rings. The fourth-order valence-electron chi connectivity index (χ4n) is 1.15. The lowest BCUT2D eigenvalue weighted by molar-refractivity contribution is -0.137. The number of hydrogen-bond donors (Lipinski definition) is 1. The number of nitrogens with one attached hydrogen (secondary N) is 1. The SMILES string of the molecule is CNCC=CCOc1ccc(C(F)(F)F)cc1. The molecule has 0 saturated carbocycles. The van der Waals surface area contributed by atoms with E-state index in [1.54, 1.807) is 6.08 Å². The van der Waals surface area contributed by atoms with Gasteiger partial charge < -0.3 is 10.1 Å². The Balaban J connectivity index is 2.46. The van der Waals surface area contributed by atoms with Crippen LogP contribution in [0, 0.1) is 0 Å². The van der Waals surface area contributed by atoms with Gasteiger partial charge in [0.1, 0.15) is 12.4 Å². The maximum Gasteiger partial charge on any atom is 0.416 e. The van der Waals surface area contributed by atoms with Gasteiger partial charge in [0.25, 0.3) is 0 Å². The number of ether oxygens (including phenoxy) is 1. The maximum absolute atomic E-state index is 12.3. The van der Waals surface area contributed by atoms with E-state index in [0.29, 0.717) is 12.4 Å². The summed E-state index contributed by atoms with van der Waals surface area (Å²) in [6.45, 7) is 1.07. The smallest absolute Gasteiger partial charge is 0.416 e.